The zero-order chi connectivity index (χ0) is 20.4. The molecule has 1 aromatic carbocycles. The van der Waals surface area contributed by atoms with Crippen molar-refractivity contribution in [3.8, 4) is 5.75 Å². The second-order valence-electron chi connectivity index (χ2n) is 7.19. The topological polar surface area (TPSA) is 84.4 Å². The van der Waals surface area contributed by atoms with Crippen LogP contribution in [-0.4, -0.2) is 40.6 Å². The number of H-pyrrole nitrogens is 1. The molecule has 0 aliphatic carbocycles. The van der Waals surface area contributed by atoms with Crippen LogP contribution in [-0.2, 0) is 11.2 Å². The van der Waals surface area contributed by atoms with Crippen molar-refractivity contribution in [3.05, 3.63) is 62.1 Å². The van der Waals surface area contributed by atoms with Gasteiger partial charge in [-0.1, -0.05) is 18.2 Å². The second kappa shape index (κ2) is 8.24. The highest BCUT2D eigenvalue weighted by Crippen LogP contribution is 2.23. The number of aromatic nitrogens is 2. The third kappa shape index (κ3) is 3.85. The Balaban J connectivity index is 1.40. The first kappa shape index (κ1) is 19.4. The number of aryl methyl sites for hydroxylation is 1. The lowest BCUT2D eigenvalue weighted by atomic mass is 10.0. The molecule has 3 aromatic rings. The van der Waals surface area contributed by atoms with Crippen molar-refractivity contribution in [1.82, 2.24) is 14.5 Å². The smallest absolute Gasteiger partial charge is 0.329 e. The summed E-state index contributed by atoms with van der Waals surface area (Å²) >= 11 is 1.34. The van der Waals surface area contributed by atoms with Gasteiger partial charge in [0.15, 0.2) is 0 Å². The lowest BCUT2D eigenvalue weighted by Gasteiger charge is -2.32. The molecule has 0 unspecified atom stereocenters. The summed E-state index contributed by atoms with van der Waals surface area (Å²) < 4.78 is 7.24. The van der Waals surface area contributed by atoms with Gasteiger partial charge in [-0.05, 0) is 42.3 Å². The lowest BCUT2D eigenvalue weighted by molar-refractivity contribution is -0.132. The standard InChI is InChI=1S/C21H23N3O4S/c1-28-17-5-3-2-4-14(17)6-7-18(25)23-11-8-15(9-12-23)24-20(26)19-16(10-13-29-19)22-21(24)27/h2-5,10,13,15H,6-9,11-12H2,1H3,(H,22,27). The van der Waals surface area contributed by atoms with Gasteiger partial charge in [-0.3, -0.25) is 14.2 Å². The number of piperidine rings is 1. The summed E-state index contributed by atoms with van der Waals surface area (Å²) in [7, 11) is 1.63. The quantitative estimate of drug-likeness (QED) is 0.697. The van der Waals surface area contributed by atoms with Crippen molar-refractivity contribution in [3.63, 3.8) is 0 Å². The van der Waals surface area contributed by atoms with Crippen LogP contribution in [0.1, 0.15) is 30.9 Å². The van der Waals surface area contributed by atoms with Gasteiger partial charge >= 0.3 is 5.69 Å². The van der Waals surface area contributed by atoms with E-state index in [1.54, 1.807) is 18.6 Å². The number of aromatic amines is 1. The molecule has 29 heavy (non-hydrogen) atoms. The Morgan fingerprint density at radius 2 is 1.97 bits per heavy atom. The predicted molar refractivity (Wildman–Crippen MR) is 113 cm³/mol. The fourth-order valence-corrected chi connectivity index (χ4v) is 4.75. The highest BCUT2D eigenvalue weighted by Gasteiger charge is 2.26. The molecule has 4 rings (SSSR count). The van der Waals surface area contributed by atoms with Crippen molar-refractivity contribution in [2.75, 3.05) is 20.2 Å². The van der Waals surface area contributed by atoms with Crippen molar-refractivity contribution in [1.29, 1.82) is 0 Å². The third-order valence-electron chi connectivity index (χ3n) is 5.52. The summed E-state index contributed by atoms with van der Waals surface area (Å²) in [5, 5.41) is 1.80. The zero-order valence-electron chi connectivity index (χ0n) is 16.2. The number of methoxy groups -OCH3 is 1. The summed E-state index contributed by atoms with van der Waals surface area (Å²) in [4.78, 5) is 42.4. The summed E-state index contributed by atoms with van der Waals surface area (Å²) in [6, 6.07) is 9.27. The van der Waals surface area contributed by atoms with E-state index in [1.165, 1.54) is 15.9 Å². The monoisotopic (exact) mass is 413 g/mol. The maximum absolute atomic E-state index is 12.7. The Kier molecular flexibility index (Phi) is 5.53. The van der Waals surface area contributed by atoms with Crippen LogP contribution in [0, 0.1) is 0 Å². The first-order chi connectivity index (χ1) is 14.1. The molecule has 1 amide bonds. The lowest BCUT2D eigenvalue weighted by Crippen LogP contribution is -2.44. The molecular formula is C21H23N3O4S. The van der Waals surface area contributed by atoms with E-state index in [9.17, 15) is 14.4 Å². The average Bonchev–Trinajstić information content (AvgIpc) is 3.21. The molecule has 1 aliphatic heterocycles. The molecular weight excluding hydrogens is 390 g/mol. The number of ether oxygens (including phenoxy) is 1. The number of carbonyl (C=O) groups excluding carboxylic acids is 1. The van der Waals surface area contributed by atoms with E-state index in [1.807, 2.05) is 29.2 Å². The minimum Gasteiger partial charge on any atom is -0.496 e. The number of amides is 1. The highest BCUT2D eigenvalue weighted by atomic mass is 32.1. The van der Waals surface area contributed by atoms with Gasteiger partial charge in [0.25, 0.3) is 5.56 Å². The minimum atomic E-state index is -0.373. The molecule has 3 heterocycles. The Morgan fingerprint density at radius 3 is 2.72 bits per heavy atom. The molecule has 7 nitrogen and oxygen atoms in total. The van der Waals surface area contributed by atoms with Crippen LogP contribution in [0.5, 0.6) is 5.75 Å². The van der Waals surface area contributed by atoms with Crippen LogP contribution in [0.3, 0.4) is 0 Å². The Bertz CT molecular complexity index is 1140. The largest absolute Gasteiger partial charge is 0.496 e. The minimum absolute atomic E-state index is 0.0873. The van der Waals surface area contributed by atoms with E-state index >= 15 is 0 Å². The maximum Gasteiger partial charge on any atom is 0.329 e. The van der Waals surface area contributed by atoms with Crippen molar-refractivity contribution in [2.24, 2.45) is 0 Å². The average molecular weight is 413 g/mol. The van der Waals surface area contributed by atoms with Crippen LogP contribution in [0.2, 0.25) is 0 Å². The fraction of sp³-hybridized carbons (Fsp3) is 0.381. The molecule has 1 aliphatic rings. The van der Waals surface area contributed by atoms with Gasteiger partial charge in [0.05, 0.1) is 12.6 Å². The molecule has 1 saturated heterocycles. The number of hydrogen-bond acceptors (Lipinski definition) is 5. The number of benzene rings is 1. The summed E-state index contributed by atoms with van der Waals surface area (Å²) in [6.07, 6.45) is 2.23. The van der Waals surface area contributed by atoms with Crippen LogP contribution < -0.4 is 16.0 Å². The number of para-hydroxylation sites is 1. The molecule has 0 atom stereocenters. The number of rotatable bonds is 5. The Hall–Kier alpha value is -2.87. The first-order valence-electron chi connectivity index (χ1n) is 9.70. The van der Waals surface area contributed by atoms with E-state index in [2.05, 4.69) is 4.98 Å². The Morgan fingerprint density at radius 1 is 1.21 bits per heavy atom. The number of nitrogens with zero attached hydrogens (tertiary/aromatic N) is 2. The van der Waals surface area contributed by atoms with E-state index in [4.69, 9.17) is 4.74 Å². The Labute approximate surface area is 171 Å². The van der Waals surface area contributed by atoms with Crippen molar-refractivity contribution < 1.29 is 9.53 Å². The SMILES string of the molecule is COc1ccccc1CCC(=O)N1CCC(n2c(=O)[nH]c3ccsc3c2=O)CC1. The third-order valence-corrected chi connectivity index (χ3v) is 6.42. The molecule has 0 spiro atoms. The van der Waals surface area contributed by atoms with Gasteiger partial charge in [-0.25, -0.2) is 4.79 Å². The van der Waals surface area contributed by atoms with E-state index in [-0.39, 0.29) is 23.2 Å². The van der Waals surface area contributed by atoms with E-state index in [0.717, 1.165) is 11.3 Å². The summed E-state index contributed by atoms with van der Waals surface area (Å²) in [5.41, 5.74) is 0.993. The highest BCUT2D eigenvalue weighted by molar-refractivity contribution is 7.17. The van der Waals surface area contributed by atoms with Gasteiger partial charge in [0.1, 0.15) is 10.4 Å². The number of nitrogens with one attached hydrogen (secondary N) is 1. The molecule has 0 radical (unpaired) electrons. The summed E-state index contributed by atoms with van der Waals surface area (Å²) in [5.74, 6) is 0.880. The molecule has 0 bridgehead atoms. The first-order valence-corrected chi connectivity index (χ1v) is 10.6. The van der Waals surface area contributed by atoms with Gasteiger partial charge in [-0.2, -0.15) is 0 Å². The number of thiophene rings is 1. The normalized spacial score (nSPS) is 15.0. The predicted octanol–water partition coefficient (Wildman–Crippen LogP) is 2.56. The van der Waals surface area contributed by atoms with Crippen molar-refractivity contribution in [2.45, 2.75) is 31.7 Å². The fourth-order valence-electron chi connectivity index (χ4n) is 3.96. The molecule has 0 saturated carbocycles. The van der Waals surface area contributed by atoms with Crippen LogP contribution in [0.15, 0.2) is 45.3 Å². The maximum atomic E-state index is 12.7. The number of hydrogen-bond donors (Lipinski definition) is 1. The second-order valence-corrected chi connectivity index (χ2v) is 8.11. The number of fused-ring (bicyclic) bond motifs is 1. The van der Waals surface area contributed by atoms with Gasteiger partial charge in [0, 0.05) is 25.6 Å². The van der Waals surface area contributed by atoms with Crippen LogP contribution >= 0.6 is 11.3 Å². The number of likely N-dealkylation sites (tertiary alicyclic amines) is 1. The molecule has 2 aromatic heterocycles. The van der Waals surface area contributed by atoms with Crippen molar-refractivity contribution >= 4 is 27.5 Å². The molecule has 1 fully saturated rings. The van der Waals surface area contributed by atoms with E-state index < -0.39 is 0 Å². The molecule has 1 N–H and O–H groups in total. The van der Waals surface area contributed by atoms with Gasteiger partial charge in [-0.15, -0.1) is 11.3 Å². The molecule has 8 heteroatoms. The zero-order valence-corrected chi connectivity index (χ0v) is 17.0. The van der Waals surface area contributed by atoms with E-state index in [0.29, 0.717) is 49.0 Å². The molecule has 152 valence electrons. The van der Waals surface area contributed by atoms with Crippen LogP contribution in [0.4, 0.5) is 0 Å². The van der Waals surface area contributed by atoms with Crippen LogP contribution in [0.25, 0.3) is 10.2 Å². The van der Waals surface area contributed by atoms with Gasteiger partial charge < -0.3 is 14.6 Å². The summed E-state index contributed by atoms with van der Waals surface area (Å²) in [6.45, 7) is 1.09. The van der Waals surface area contributed by atoms with Gasteiger partial charge in [0.2, 0.25) is 5.91 Å². The number of carbonyl (C=O) groups is 1.